The molecule has 0 radical (unpaired) electrons. The molecule has 1 aliphatic rings. The number of nitrogens with zero attached hydrogens (tertiary/aromatic N) is 2. The minimum absolute atomic E-state index is 0.113. The second kappa shape index (κ2) is 6.25. The van der Waals surface area contributed by atoms with Crippen LogP contribution < -0.4 is 0 Å². The summed E-state index contributed by atoms with van der Waals surface area (Å²) in [4.78, 5) is 21.0. The molecule has 1 amide bonds. The molecule has 112 valence electrons. The Balaban J connectivity index is 1.76. The summed E-state index contributed by atoms with van der Waals surface area (Å²) in [6.07, 6.45) is 2.12. The summed E-state index contributed by atoms with van der Waals surface area (Å²) in [5.74, 6) is 0.113. The van der Waals surface area contributed by atoms with Crippen LogP contribution in [0, 0.1) is 6.92 Å². The maximum Gasteiger partial charge on any atom is 0.265 e. The number of methoxy groups -OCH3 is 1. The number of ether oxygens (including phenoxy) is 1. The number of carbonyl (C=O) groups excluding carboxylic acids is 1. The third-order valence-corrected chi connectivity index (χ3v) is 5.97. The maximum absolute atomic E-state index is 12.7. The Bertz CT molecular complexity index is 614. The van der Waals surface area contributed by atoms with E-state index in [1.807, 2.05) is 29.3 Å². The number of hydrogen-bond donors (Lipinski definition) is 0. The van der Waals surface area contributed by atoms with Crippen LogP contribution in [0.4, 0.5) is 0 Å². The predicted molar refractivity (Wildman–Crippen MR) is 86.1 cm³/mol. The van der Waals surface area contributed by atoms with E-state index in [9.17, 15) is 4.79 Å². The number of likely N-dealkylation sites (tertiary alicyclic amines) is 1. The van der Waals surface area contributed by atoms with Gasteiger partial charge in [0.15, 0.2) is 0 Å². The molecule has 0 saturated carbocycles. The van der Waals surface area contributed by atoms with E-state index in [4.69, 9.17) is 4.74 Å². The first-order valence-corrected chi connectivity index (χ1v) is 8.72. The third-order valence-electron chi connectivity index (χ3n) is 3.79. The molecule has 3 rings (SSSR count). The summed E-state index contributed by atoms with van der Waals surface area (Å²) in [7, 11) is 1.74. The van der Waals surface area contributed by atoms with Crippen LogP contribution in [-0.2, 0) is 4.74 Å². The van der Waals surface area contributed by atoms with Crippen molar-refractivity contribution in [1.82, 2.24) is 9.88 Å². The average Bonchev–Trinajstić information content (AvgIpc) is 3.16. The van der Waals surface area contributed by atoms with Gasteiger partial charge in [-0.15, -0.1) is 22.7 Å². The van der Waals surface area contributed by atoms with Gasteiger partial charge in [0.05, 0.1) is 16.7 Å². The molecule has 2 aromatic rings. The normalized spacial score (nSPS) is 16.4. The van der Waals surface area contributed by atoms with E-state index in [0.717, 1.165) is 46.4 Å². The Morgan fingerprint density at radius 3 is 2.81 bits per heavy atom. The number of thiazole rings is 1. The smallest absolute Gasteiger partial charge is 0.265 e. The minimum atomic E-state index is 0.113. The first-order chi connectivity index (χ1) is 10.2. The minimum Gasteiger partial charge on any atom is -0.381 e. The lowest BCUT2D eigenvalue weighted by Gasteiger charge is -2.31. The molecule has 0 unspecified atom stereocenters. The van der Waals surface area contributed by atoms with Crippen molar-refractivity contribution in [3.05, 3.63) is 28.1 Å². The van der Waals surface area contributed by atoms with Crippen molar-refractivity contribution in [2.45, 2.75) is 25.9 Å². The number of carbonyl (C=O) groups is 1. The molecular formula is C15H18N2O2S2. The topological polar surface area (TPSA) is 42.4 Å². The van der Waals surface area contributed by atoms with Crippen LogP contribution >= 0.6 is 22.7 Å². The number of aromatic nitrogens is 1. The van der Waals surface area contributed by atoms with Gasteiger partial charge in [0.2, 0.25) is 0 Å². The zero-order valence-corrected chi connectivity index (χ0v) is 13.8. The van der Waals surface area contributed by atoms with E-state index in [0.29, 0.717) is 6.10 Å². The van der Waals surface area contributed by atoms with E-state index in [2.05, 4.69) is 4.98 Å². The Morgan fingerprint density at radius 1 is 1.43 bits per heavy atom. The van der Waals surface area contributed by atoms with Gasteiger partial charge < -0.3 is 9.64 Å². The SMILES string of the molecule is COC1CCN(C(=O)c2sc(-c3cccs3)nc2C)CC1. The van der Waals surface area contributed by atoms with Crippen molar-refractivity contribution >= 4 is 28.6 Å². The standard InChI is InChI=1S/C15H18N2O2S2/c1-10-13(21-14(16-10)12-4-3-9-20-12)15(18)17-7-5-11(19-2)6-8-17/h3-4,9,11H,5-8H2,1-2H3. The quantitative estimate of drug-likeness (QED) is 0.869. The molecule has 6 heteroatoms. The lowest BCUT2D eigenvalue weighted by atomic mass is 10.1. The van der Waals surface area contributed by atoms with Crippen molar-refractivity contribution in [2.24, 2.45) is 0 Å². The molecule has 0 spiro atoms. The highest BCUT2D eigenvalue weighted by Crippen LogP contribution is 2.32. The lowest BCUT2D eigenvalue weighted by molar-refractivity contribution is 0.0353. The Hall–Kier alpha value is -1.24. The fraction of sp³-hybridized carbons (Fsp3) is 0.467. The van der Waals surface area contributed by atoms with Crippen LogP contribution in [0.15, 0.2) is 17.5 Å². The second-order valence-corrected chi connectivity index (χ2v) is 7.08. The van der Waals surface area contributed by atoms with Crippen LogP contribution in [-0.4, -0.2) is 42.1 Å². The van der Waals surface area contributed by atoms with Gasteiger partial charge in [0.25, 0.3) is 5.91 Å². The van der Waals surface area contributed by atoms with Crippen molar-refractivity contribution in [3.63, 3.8) is 0 Å². The summed E-state index contributed by atoms with van der Waals surface area (Å²) in [6, 6.07) is 4.05. The first-order valence-electron chi connectivity index (χ1n) is 7.02. The number of piperidine rings is 1. The molecule has 4 nitrogen and oxygen atoms in total. The number of rotatable bonds is 3. The molecule has 0 bridgehead atoms. The molecule has 21 heavy (non-hydrogen) atoms. The first kappa shape index (κ1) is 14.7. The fourth-order valence-corrected chi connectivity index (χ4v) is 4.37. The number of aryl methyl sites for hydroxylation is 1. The van der Waals surface area contributed by atoms with Crippen molar-refractivity contribution in [2.75, 3.05) is 20.2 Å². The van der Waals surface area contributed by atoms with Gasteiger partial charge in [0, 0.05) is 20.2 Å². The highest BCUT2D eigenvalue weighted by molar-refractivity contribution is 7.22. The van der Waals surface area contributed by atoms with Crippen LogP contribution in [0.2, 0.25) is 0 Å². The molecule has 0 aliphatic carbocycles. The van der Waals surface area contributed by atoms with Crippen LogP contribution in [0.25, 0.3) is 9.88 Å². The average molecular weight is 322 g/mol. The molecule has 1 aliphatic heterocycles. The summed E-state index contributed by atoms with van der Waals surface area (Å²) < 4.78 is 5.36. The molecule has 0 N–H and O–H groups in total. The van der Waals surface area contributed by atoms with Crippen LogP contribution in [0.3, 0.4) is 0 Å². The van der Waals surface area contributed by atoms with Crippen molar-refractivity contribution < 1.29 is 9.53 Å². The Kier molecular flexibility index (Phi) is 4.37. The van der Waals surface area contributed by atoms with Gasteiger partial charge >= 0.3 is 0 Å². The summed E-state index contributed by atoms with van der Waals surface area (Å²) >= 11 is 3.16. The zero-order chi connectivity index (χ0) is 14.8. The van der Waals surface area contributed by atoms with Crippen molar-refractivity contribution in [1.29, 1.82) is 0 Å². The molecule has 3 heterocycles. The van der Waals surface area contributed by atoms with E-state index in [-0.39, 0.29) is 5.91 Å². The fourth-order valence-electron chi connectivity index (χ4n) is 2.54. The van der Waals surface area contributed by atoms with E-state index in [1.54, 1.807) is 18.4 Å². The van der Waals surface area contributed by atoms with Gasteiger partial charge in [0.1, 0.15) is 9.88 Å². The van der Waals surface area contributed by atoms with Crippen LogP contribution in [0.1, 0.15) is 28.2 Å². The van der Waals surface area contributed by atoms with E-state index < -0.39 is 0 Å². The van der Waals surface area contributed by atoms with Gasteiger partial charge in [-0.25, -0.2) is 4.98 Å². The highest BCUT2D eigenvalue weighted by Gasteiger charge is 2.26. The largest absolute Gasteiger partial charge is 0.381 e. The molecule has 1 saturated heterocycles. The number of amides is 1. The lowest BCUT2D eigenvalue weighted by Crippen LogP contribution is -2.40. The summed E-state index contributed by atoms with van der Waals surface area (Å²) in [5.41, 5.74) is 0.835. The highest BCUT2D eigenvalue weighted by atomic mass is 32.1. The van der Waals surface area contributed by atoms with Gasteiger partial charge in [-0.3, -0.25) is 4.79 Å². The molecule has 0 aromatic carbocycles. The van der Waals surface area contributed by atoms with Crippen molar-refractivity contribution in [3.8, 4) is 9.88 Å². The van der Waals surface area contributed by atoms with Gasteiger partial charge in [-0.05, 0) is 31.2 Å². The Labute approximate surface area is 132 Å². The third kappa shape index (κ3) is 3.02. The maximum atomic E-state index is 12.7. The second-order valence-electron chi connectivity index (χ2n) is 5.14. The number of thiophene rings is 1. The van der Waals surface area contributed by atoms with E-state index >= 15 is 0 Å². The van der Waals surface area contributed by atoms with Gasteiger partial charge in [-0.1, -0.05) is 6.07 Å². The molecular weight excluding hydrogens is 304 g/mol. The molecule has 2 aromatic heterocycles. The van der Waals surface area contributed by atoms with Gasteiger partial charge in [-0.2, -0.15) is 0 Å². The van der Waals surface area contributed by atoms with E-state index in [1.165, 1.54) is 11.3 Å². The zero-order valence-electron chi connectivity index (χ0n) is 12.2. The molecule has 0 atom stereocenters. The monoisotopic (exact) mass is 322 g/mol. The molecule has 1 fully saturated rings. The predicted octanol–water partition coefficient (Wildman–Crippen LogP) is 3.43. The Morgan fingerprint density at radius 2 is 2.19 bits per heavy atom. The van der Waals surface area contributed by atoms with Crippen LogP contribution in [0.5, 0.6) is 0 Å². The summed E-state index contributed by atoms with van der Waals surface area (Å²) in [5, 5.41) is 2.97. The number of hydrogen-bond acceptors (Lipinski definition) is 5. The summed E-state index contributed by atoms with van der Waals surface area (Å²) in [6.45, 7) is 3.45.